The van der Waals surface area contributed by atoms with E-state index < -0.39 is 26.9 Å². The van der Waals surface area contributed by atoms with Gasteiger partial charge in [0.1, 0.15) is 0 Å². The van der Waals surface area contributed by atoms with Crippen molar-refractivity contribution in [2.75, 3.05) is 6.26 Å². The molecule has 1 aromatic heterocycles. The van der Waals surface area contributed by atoms with Crippen LogP contribution in [0.4, 0.5) is 0 Å². The summed E-state index contributed by atoms with van der Waals surface area (Å²) in [6.45, 7) is 0. The van der Waals surface area contributed by atoms with Crippen molar-refractivity contribution in [1.82, 2.24) is 9.78 Å². The van der Waals surface area contributed by atoms with Gasteiger partial charge >= 0.3 is 0 Å². The first kappa shape index (κ1) is 22.7. The standard InChI is InChI=1S/C20H26N4O6S/c1-31(28,29)16-9-7-14(8-10-16)18-13-17(19(30-24(26)27)11-12-20(21)25)22-23(18)15-5-3-2-4-6-15/h7-10,13,15,19H,2-6,11-12H2,1H3,(H2,21,25). The van der Waals surface area contributed by atoms with E-state index in [1.54, 1.807) is 18.2 Å². The molecular formula is C20H26N4O6S. The maximum atomic E-state index is 11.8. The van der Waals surface area contributed by atoms with Gasteiger partial charge in [-0.25, -0.2) is 8.42 Å². The molecule has 31 heavy (non-hydrogen) atoms. The third-order valence-corrected chi connectivity index (χ3v) is 6.58. The highest BCUT2D eigenvalue weighted by atomic mass is 32.2. The molecule has 1 amide bonds. The minimum atomic E-state index is -3.33. The average Bonchev–Trinajstić information content (AvgIpc) is 3.16. The van der Waals surface area contributed by atoms with E-state index in [4.69, 9.17) is 10.6 Å². The molecule has 1 heterocycles. The zero-order valence-corrected chi connectivity index (χ0v) is 18.1. The van der Waals surface area contributed by atoms with Crippen LogP contribution in [0.25, 0.3) is 11.3 Å². The normalized spacial score (nSPS) is 16.0. The molecule has 1 saturated carbocycles. The fourth-order valence-electron chi connectivity index (χ4n) is 3.89. The molecular weight excluding hydrogens is 424 g/mol. The zero-order valence-electron chi connectivity index (χ0n) is 17.3. The highest BCUT2D eigenvalue weighted by molar-refractivity contribution is 7.90. The van der Waals surface area contributed by atoms with Gasteiger partial charge in [0.2, 0.25) is 5.91 Å². The number of nitrogens with zero attached hydrogens (tertiary/aromatic N) is 3. The van der Waals surface area contributed by atoms with Crippen molar-refractivity contribution in [2.45, 2.75) is 62.0 Å². The molecule has 0 spiro atoms. The number of amides is 1. The van der Waals surface area contributed by atoms with Crippen molar-refractivity contribution < 1.29 is 23.1 Å². The molecule has 0 saturated heterocycles. The quantitative estimate of drug-likeness (QED) is 0.456. The average molecular weight is 451 g/mol. The summed E-state index contributed by atoms with van der Waals surface area (Å²) in [5, 5.41) is 14.7. The van der Waals surface area contributed by atoms with Crippen LogP contribution in [0.15, 0.2) is 35.2 Å². The lowest BCUT2D eigenvalue weighted by molar-refractivity contribution is -0.771. The fraction of sp³-hybridized carbons (Fsp3) is 0.500. The Morgan fingerprint density at radius 1 is 1.29 bits per heavy atom. The van der Waals surface area contributed by atoms with Crippen LogP contribution in [0.2, 0.25) is 0 Å². The minimum absolute atomic E-state index is 0.0322. The van der Waals surface area contributed by atoms with Crippen LogP contribution in [-0.2, 0) is 19.5 Å². The van der Waals surface area contributed by atoms with E-state index in [0.29, 0.717) is 5.69 Å². The molecule has 10 nitrogen and oxygen atoms in total. The van der Waals surface area contributed by atoms with E-state index in [0.717, 1.165) is 49.6 Å². The number of hydrogen-bond donors (Lipinski definition) is 1. The Morgan fingerprint density at radius 2 is 1.94 bits per heavy atom. The van der Waals surface area contributed by atoms with Crippen LogP contribution in [0.3, 0.4) is 0 Å². The second-order valence-corrected chi connectivity index (χ2v) is 9.83. The zero-order chi connectivity index (χ0) is 22.6. The van der Waals surface area contributed by atoms with Gasteiger partial charge in [0.25, 0.3) is 5.09 Å². The Labute approximate surface area is 180 Å². The van der Waals surface area contributed by atoms with Gasteiger partial charge < -0.3 is 10.6 Å². The first-order valence-electron chi connectivity index (χ1n) is 10.1. The van der Waals surface area contributed by atoms with Gasteiger partial charge in [-0.2, -0.15) is 5.10 Å². The van der Waals surface area contributed by atoms with E-state index in [-0.39, 0.29) is 23.8 Å². The second-order valence-electron chi connectivity index (χ2n) is 7.81. The van der Waals surface area contributed by atoms with Crippen molar-refractivity contribution in [3.8, 4) is 11.3 Å². The van der Waals surface area contributed by atoms with E-state index in [9.17, 15) is 23.3 Å². The monoisotopic (exact) mass is 450 g/mol. The van der Waals surface area contributed by atoms with Crippen molar-refractivity contribution in [2.24, 2.45) is 5.73 Å². The van der Waals surface area contributed by atoms with Crippen LogP contribution in [0.5, 0.6) is 0 Å². The molecule has 0 radical (unpaired) electrons. The summed E-state index contributed by atoms with van der Waals surface area (Å²) in [5.41, 5.74) is 7.00. The third-order valence-electron chi connectivity index (χ3n) is 5.45. The lowest BCUT2D eigenvalue weighted by Gasteiger charge is -2.24. The molecule has 2 N–H and O–H groups in total. The maximum absolute atomic E-state index is 11.8. The summed E-state index contributed by atoms with van der Waals surface area (Å²) >= 11 is 0. The van der Waals surface area contributed by atoms with Crippen molar-refractivity contribution in [3.05, 3.63) is 46.1 Å². The van der Waals surface area contributed by atoms with Crippen LogP contribution in [0.1, 0.15) is 62.8 Å². The van der Waals surface area contributed by atoms with Gasteiger partial charge in [0.05, 0.1) is 22.3 Å². The number of hydrogen-bond acceptors (Lipinski definition) is 7. The molecule has 1 aliphatic rings. The van der Waals surface area contributed by atoms with Gasteiger partial charge in [-0.1, -0.05) is 31.4 Å². The van der Waals surface area contributed by atoms with Gasteiger partial charge in [-0.3, -0.25) is 9.48 Å². The topological polar surface area (TPSA) is 147 Å². The molecule has 1 atom stereocenters. The summed E-state index contributed by atoms with van der Waals surface area (Å²) < 4.78 is 25.4. The van der Waals surface area contributed by atoms with E-state index in [1.807, 2.05) is 4.68 Å². The lowest BCUT2D eigenvalue weighted by atomic mass is 9.95. The Hall–Kier alpha value is -2.95. The number of primary amides is 1. The Morgan fingerprint density at radius 3 is 2.48 bits per heavy atom. The maximum Gasteiger partial charge on any atom is 0.295 e. The number of benzene rings is 1. The molecule has 1 unspecified atom stereocenters. The molecule has 1 fully saturated rings. The lowest BCUT2D eigenvalue weighted by Crippen LogP contribution is -2.18. The highest BCUT2D eigenvalue weighted by Crippen LogP contribution is 2.35. The predicted molar refractivity (Wildman–Crippen MR) is 112 cm³/mol. The molecule has 3 rings (SSSR count). The first-order chi connectivity index (χ1) is 14.6. The first-order valence-corrected chi connectivity index (χ1v) is 12.0. The van der Waals surface area contributed by atoms with E-state index in [2.05, 4.69) is 5.10 Å². The number of rotatable bonds is 9. The van der Waals surface area contributed by atoms with Crippen molar-refractivity contribution >= 4 is 15.7 Å². The molecule has 11 heteroatoms. The molecule has 168 valence electrons. The number of sulfone groups is 1. The molecule has 0 aliphatic heterocycles. The number of nitrogens with two attached hydrogens (primary N) is 1. The highest BCUT2D eigenvalue weighted by Gasteiger charge is 2.26. The summed E-state index contributed by atoms with van der Waals surface area (Å²) in [4.78, 5) is 27.2. The fourth-order valence-corrected chi connectivity index (χ4v) is 4.53. The van der Waals surface area contributed by atoms with Crippen LogP contribution >= 0.6 is 0 Å². The third kappa shape index (κ3) is 5.81. The van der Waals surface area contributed by atoms with Gasteiger partial charge in [-0.05, 0) is 43.0 Å². The van der Waals surface area contributed by atoms with Crippen LogP contribution in [-0.4, -0.2) is 35.4 Å². The minimum Gasteiger partial charge on any atom is -0.370 e. The van der Waals surface area contributed by atoms with E-state index >= 15 is 0 Å². The second kappa shape index (κ2) is 9.46. The number of carbonyl (C=O) groups is 1. The summed E-state index contributed by atoms with van der Waals surface area (Å²) in [6.07, 6.45) is 5.19. The molecule has 1 aliphatic carbocycles. The van der Waals surface area contributed by atoms with Crippen LogP contribution in [0, 0.1) is 10.1 Å². The van der Waals surface area contributed by atoms with Crippen molar-refractivity contribution in [3.63, 3.8) is 0 Å². The van der Waals surface area contributed by atoms with Crippen LogP contribution < -0.4 is 5.73 Å². The van der Waals surface area contributed by atoms with Gasteiger partial charge in [0.15, 0.2) is 15.9 Å². The summed E-state index contributed by atoms with van der Waals surface area (Å²) in [7, 11) is -3.33. The van der Waals surface area contributed by atoms with E-state index in [1.165, 1.54) is 12.1 Å². The molecule has 0 bridgehead atoms. The smallest absolute Gasteiger partial charge is 0.295 e. The number of aromatic nitrogens is 2. The number of carbonyl (C=O) groups excluding carboxylic acids is 1. The summed E-state index contributed by atoms with van der Waals surface area (Å²) in [5.74, 6) is -0.583. The molecule has 1 aromatic carbocycles. The largest absolute Gasteiger partial charge is 0.370 e. The van der Waals surface area contributed by atoms with Gasteiger partial charge in [-0.15, -0.1) is 10.1 Å². The Bertz CT molecular complexity index is 1040. The Kier molecular flexibility index (Phi) is 6.94. The SMILES string of the molecule is CS(=O)(=O)c1ccc(-c2cc(C(CCC(N)=O)O[N+](=O)[O-])nn2C2CCCCC2)cc1. The summed E-state index contributed by atoms with van der Waals surface area (Å²) in [6, 6.07) is 8.28. The van der Waals surface area contributed by atoms with Gasteiger partial charge in [0, 0.05) is 12.7 Å². The van der Waals surface area contributed by atoms with Crippen molar-refractivity contribution in [1.29, 1.82) is 0 Å². The Balaban J connectivity index is 2.02. The predicted octanol–water partition coefficient (Wildman–Crippen LogP) is 2.97. The molecule has 2 aromatic rings.